The molecule has 0 aliphatic carbocycles. The summed E-state index contributed by atoms with van der Waals surface area (Å²) in [5.74, 6) is 0.972. The molecule has 2 unspecified atom stereocenters. The number of halogens is 1. The van der Waals surface area contributed by atoms with Gasteiger partial charge in [-0.1, -0.05) is 24.9 Å². The Morgan fingerprint density at radius 1 is 1.15 bits per heavy atom. The summed E-state index contributed by atoms with van der Waals surface area (Å²) >= 11 is 5.95. The van der Waals surface area contributed by atoms with Gasteiger partial charge in [0.05, 0.1) is 0 Å². The van der Waals surface area contributed by atoms with Crippen molar-refractivity contribution in [1.29, 1.82) is 0 Å². The van der Waals surface area contributed by atoms with Crippen LogP contribution in [0.2, 0.25) is 5.02 Å². The first-order valence-electron chi connectivity index (χ1n) is 12.1. The van der Waals surface area contributed by atoms with Gasteiger partial charge in [-0.25, -0.2) is 0 Å². The van der Waals surface area contributed by atoms with Crippen LogP contribution in [0.4, 0.5) is 0 Å². The Hall–Kier alpha value is -2.31. The van der Waals surface area contributed by atoms with Crippen molar-refractivity contribution < 1.29 is 14.0 Å². The highest BCUT2D eigenvalue weighted by atomic mass is 35.5. The Labute approximate surface area is 201 Å². The van der Waals surface area contributed by atoms with E-state index in [2.05, 4.69) is 31.0 Å². The van der Waals surface area contributed by atoms with Crippen molar-refractivity contribution in [2.75, 3.05) is 19.6 Å². The number of furan rings is 1. The second-order valence-electron chi connectivity index (χ2n) is 9.51. The van der Waals surface area contributed by atoms with Crippen molar-refractivity contribution in [3.63, 3.8) is 0 Å². The minimum absolute atomic E-state index is 0.0388. The molecule has 2 aliphatic heterocycles. The third-order valence-electron chi connectivity index (χ3n) is 7.02. The standard InChI is InChI=1S/C26H34ClN3O3/c1-4-5-19-16-29(17(2)3)14-13-22(19)30-15-12-21(26(30)32)28-25(31)24-11-10-23(33-24)18-6-8-20(27)9-7-18/h6-11,17,19,21-22H,4-5,12-16H2,1-3H3,(H,28,31)/t19?,21-,22?/m0/s1. The average Bonchev–Trinajstić information content (AvgIpc) is 3.42. The predicted octanol–water partition coefficient (Wildman–Crippen LogP) is 4.83. The molecule has 0 spiro atoms. The fourth-order valence-corrected chi connectivity index (χ4v) is 5.33. The minimum Gasteiger partial charge on any atom is -0.451 e. The highest BCUT2D eigenvalue weighted by molar-refractivity contribution is 6.30. The van der Waals surface area contributed by atoms with Crippen molar-refractivity contribution in [3.8, 4) is 11.3 Å². The lowest BCUT2D eigenvalue weighted by molar-refractivity contribution is -0.133. The van der Waals surface area contributed by atoms with Gasteiger partial charge >= 0.3 is 0 Å². The SMILES string of the molecule is CCCC1CN(C(C)C)CCC1N1CC[C@H](NC(=O)c2ccc(-c3ccc(Cl)cc3)o2)C1=O. The van der Waals surface area contributed by atoms with E-state index in [0.29, 0.717) is 35.7 Å². The quantitative estimate of drug-likeness (QED) is 0.628. The largest absolute Gasteiger partial charge is 0.451 e. The van der Waals surface area contributed by atoms with Crippen LogP contribution in [0.1, 0.15) is 57.0 Å². The highest BCUT2D eigenvalue weighted by Gasteiger charge is 2.41. The molecule has 0 radical (unpaired) electrons. The van der Waals surface area contributed by atoms with Crippen LogP contribution < -0.4 is 5.32 Å². The van der Waals surface area contributed by atoms with E-state index < -0.39 is 6.04 Å². The van der Waals surface area contributed by atoms with Crippen molar-refractivity contribution in [2.24, 2.45) is 5.92 Å². The molecule has 2 aliphatic rings. The van der Waals surface area contributed by atoms with Crippen LogP contribution in [0.3, 0.4) is 0 Å². The number of nitrogens with one attached hydrogen (secondary N) is 1. The Kier molecular flexibility index (Phi) is 7.45. The number of rotatable bonds is 7. The summed E-state index contributed by atoms with van der Waals surface area (Å²) < 4.78 is 5.76. The number of likely N-dealkylation sites (tertiary alicyclic amines) is 2. The van der Waals surface area contributed by atoms with Gasteiger partial charge in [0, 0.05) is 42.3 Å². The second kappa shape index (κ2) is 10.3. The maximum Gasteiger partial charge on any atom is 0.287 e. The molecule has 3 heterocycles. The number of piperidine rings is 1. The van der Waals surface area contributed by atoms with Gasteiger partial charge in [-0.3, -0.25) is 9.59 Å². The van der Waals surface area contributed by atoms with Crippen molar-refractivity contribution >= 4 is 23.4 Å². The average molecular weight is 472 g/mol. The van der Waals surface area contributed by atoms with E-state index in [1.807, 2.05) is 17.0 Å². The number of nitrogens with zero attached hydrogens (tertiary/aromatic N) is 2. The molecule has 33 heavy (non-hydrogen) atoms. The van der Waals surface area contributed by atoms with Gasteiger partial charge in [-0.2, -0.15) is 0 Å². The molecule has 0 saturated carbocycles. The van der Waals surface area contributed by atoms with Gasteiger partial charge in [0.15, 0.2) is 5.76 Å². The molecular formula is C26H34ClN3O3. The van der Waals surface area contributed by atoms with Crippen LogP contribution in [0.5, 0.6) is 0 Å². The zero-order chi connectivity index (χ0) is 23.5. The minimum atomic E-state index is -0.494. The van der Waals surface area contributed by atoms with Gasteiger partial charge in [0.2, 0.25) is 5.91 Å². The van der Waals surface area contributed by atoms with Crippen molar-refractivity contribution in [1.82, 2.24) is 15.1 Å². The van der Waals surface area contributed by atoms with Crippen molar-refractivity contribution in [3.05, 3.63) is 47.2 Å². The van der Waals surface area contributed by atoms with Gasteiger partial charge < -0.3 is 19.5 Å². The molecule has 4 rings (SSSR count). The zero-order valence-corrected chi connectivity index (χ0v) is 20.5. The Balaban J connectivity index is 1.39. The number of carbonyl (C=O) groups excluding carboxylic acids is 2. The first kappa shape index (κ1) is 23.8. The molecule has 178 valence electrons. The van der Waals surface area contributed by atoms with E-state index in [0.717, 1.165) is 37.9 Å². The number of carbonyl (C=O) groups is 2. The number of amides is 2. The molecule has 1 N–H and O–H groups in total. The van der Waals surface area contributed by atoms with Crippen LogP contribution in [0, 0.1) is 5.92 Å². The van der Waals surface area contributed by atoms with E-state index in [-0.39, 0.29) is 23.6 Å². The molecule has 0 bridgehead atoms. The Bertz CT molecular complexity index is 971. The van der Waals surface area contributed by atoms with Crippen LogP contribution in [-0.4, -0.2) is 59.4 Å². The second-order valence-corrected chi connectivity index (χ2v) is 9.95. The molecule has 2 saturated heterocycles. The van der Waals surface area contributed by atoms with Gasteiger partial charge in [-0.15, -0.1) is 0 Å². The molecule has 2 amide bonds. The third kappa shape index (κ3) is 5.28. The Morgan fingerprint density at radius 2 is 1.91 bits per heavy atom. The van der Waals surface area contributed by atoms with Crippen LogP contribution in [0.15, 0.2) is 40.8 Å². The first-order valence-corrected chi connectivity index (χ1v) is 12.5. The topological polar surface area (TPSA) is 65.8 Å². The smallest absolute Gasteiger partial charge is 0.287 e. The summed E-state index contributed by atoms with van der Waals surface area (Å²) in [6, 6.07) is 11.0. The molecule has 2 fully saturated rings. The number of hydrogen-bond donors (Lipinski definition) is 1. The fraction of sp³-hybridized carbons (Fsp3) is 0.538. The van der Waals surface area contributed by atoms with Crippen LogP contribution in [-0.2, 0) is 4.79 Å². The predicted molar refractivity (Wildman–Crippen MR) is 130 cm³/mol. The summed E-state index contributed by atoms with van der Waals surface area (Å²) in [5, 5.41) is 3.55. The maximum atomic E-state index is 13.2. The molecule has 2 aromatic rings. The lowest BCUT2D eigenvalue weighted by Crippen LogP contribution is -2.54. The molecule has 7 heteroatoms. The van der Waals surface area contributed by atoms with E-state index in [4.69, 9.17) is 16.0 Å². The highest BCUT2D eigenvalue weighted by Crippen LogP contribution is 2.30. The van der Waals surface area contributed by atoms with Gasteiger partial charge in [-0.05, 0) is 75.4 Å². The molecule has 6 nitrogen and oxygen atoms in total. The van der Waals surface area contributed by atoms with Crippen LogP contribution in [0.25, 0.3) is 11.3 Å². The van der Waals surface area contributed by atoms with Gasteiger partial charge in [0.1, 0.15) is 11.8 Å². The lowest BCUT2D eigenvalue weighted by atomic mass is 9.86. The zero-order valence-electron chi connectivity index (χ0n) is 19.7. The summed E-state index contributed by atoms with van der Waals surface area (Å²) in [7, 11) is 0. The normalized spacial score (nSPS) is 24.0. The first-order chi connectivity index (χ1) is 15.9. The number of hydrogen-bond acceptors (Lipinski definition) is 4. The molecule has 1 aromatic heterocycles. The van der Waals surface area contributed by atoms with Gasteiger partial charge in [0.25, 0.3) is 5.91 Å². The molecule has 1 aromatic carbocycles. The van der Waals surface area contributed by atoms with E-state index in [9.17, 15) is 9.59 Å². The van der Waals surface area contributed by atoms with E-state index in [1.165, 1.54) is 0 Å². The number of benzene rings is 1. The third-order valence-corrected chi connectivity index (χ3v) is 7.27. The van der Waals surface area contributed by atoms with Crippen LogP contribution >= 0.6 is 11.6 Å². The summed E-state index contributed by atoms with van der Waals surface area (Å²) in [6.45, 7) is 9.44. The maximum absolute atomic E-state index is 13.2. The summed E-state index contributed by atoms with van der Waals surface area (Å²) in [5.41, 5.74) is 0.844. The fourth-order valence-electron chi connectivity index (χ4n) is 5.21. The summed E-state index contributed by atoms with van der Waals surface area (Å²) in [6.07, 6.45) is 3.87. The van der Waals surface area contributed by atoms with E-state index >= 15 is 0 Å². The van der Waals surface area contributed by atoms with E-state index in [1.54, 1.807) is 24.3 Å². The monoisotopic (exact) mass is 471 g/mol. The molecule has 3 atom stereocenters. The van der Waals surface area contributed by atoms with Crippen molar-refractivity contribution in [2.45, 2.75) is 64.6 Å². The lowest BCUT2D eigenvalue weighted by Gasteiger charge is -2.44. The summed E-state index contributed by atoms with van der Waals surface area (Å²) in [4.78, 5) is 30.6. The molecular weight excluding hydrogens is 438 g/mol. The Morgan fingerprint density at radius 3 is 2.61 bits per heavy atom.